The number of aryl methyl sites for hydroxylation is 1. The van der Waals surface area contributed by atoms with Gasteiger partial charge in [-0.1, -0.05) is 6.07 Å². The summed E-state index contributed by atoms with van der Waals surface area (Å²) < 4.78 is 1.74. The van der Waals surface area contributed by atoms with Gasteiger partial charge in [0.2, 0.25) is 5.91 Å². The number of nitrogens with zero attached hydrogens (tertiary/aromatic N) is 3. The zero-order chi connectivity index (χ0) is 20.4. The van der Waals surface area contributed by atoms with Crippen molar-refractivity contribution in [2.45, 2.75) is 26.7 Å². The van der Waals surface area contributed by atoms with E-state index in [2.05, 4.69) is 10.3 Å². The maximum absolute atomic E-state index is 12.9. The van der Waals surface area contributed by atoms with E-state index in [1.807, 2.05) is 19.9 Å². The molecule has 0 unspecified atom stereocenters. The minimum atomic E-state index is -0.255. The number of benzene rings is 1. The summed E-state index contributed by atoms with van der Waals surface area (Å²) >= 11 is 0. The van der Waals surface area contributed by atoms with E-state index in [1.54, 1.807) is 21.7 Å². The Labute approximate surface area is 166 Å². The molecule has 3 aromatic rings. The van der Waals surface area contributed by atoms with Gasteiger partial charge in [-0.05, 0) is 37.5 Å². The third-order valence-electron chi connectivity index (χ3n) is 5.96. The largest absolute Gasteiger partial charge is 0.508 e. The molecular weight excluding hydrogens is 370 g/mol. The van der Waals surface area contributed by atoms with Crippen LogP contribution in [0.5, 0.6) is 5.75 Å². The molecule has 1 saturated heterocycles. The molecule has 8 nitrogen and oxygen atoms in total. The zero-order valence-electron chi connectivity index (χ0n) is 16.2. The van der Waals surface area contributed by atoms with Crippen LogP contribution in [0.3, 0.4) is 0 Å². The number of carbonyl (C=O) groups excluding carboxylic acids is 2. The van der Waals surface area contributed by atoms with Gasteiger partial charge in [0.05, 0.1) is 23.1 Å². The molecule has 2 aromatic heterocycles. The van der Waals surface area contributed by atoms with Crippen molar-refractivity contribution in [3.8, 4) is 11.4 Å². The van der Waals surface area contributed by atoms with E-state index in [1.165, 1.54) is 0 Å². The smallest absolute Gasteiger partial charge is 0.255 e. The molecule has 4 heterocycles. The Kier molecular flexibility index (Phi) is 3.61. The average molecular weight is 391 g/mol. The fourth-order valence-corrected chi connectivity index (χ4v) is 4.38. The Morgan fingerprint density at radius 2 is 2.00 bits per heavy atom. The lowest BCUT2D eigenvalue weighted by molar-refractivity contribution is -0.122. The summed E-state index contributed by atoms with van der Waals surface area (Å²) in [5, 5.41) is 13.8. The number of hydrogen-bond acceptors (Lipinski definition) is 5. The summed E-state index contributed by atoms with van der Waals surface area (Å²) in [6.45, 7) is 4.84. The fraction of sp³-hybridized carbons (Fsp3) is 0.286. The minimum absolute atomic E-state index is 0.0551. The number of nitrogens with two attached hydrogens (primary N) is 1. The van der Waals surface area contributed by atoms with Crippen LogP contribution in [-0.2, 0) is 11.2 Å². The molecule has 2 aliphatic rings. The number of nitrogens with one attached hydrogen (secondary N) is 1. The average Bonchev–Trinajstić information content (AvgIpc) is 2.85. The molecule has 0 spiro atoms. The van der Waals surface area contributed by atoms with Crippen molar-refractivity contribution >= 4 is 34.4 Å². The Balaban J connectivity index is 1.90. The predicted molar refractivity (Wildman–Crippen MR) is 110 cm³/mol. The molecule has 8 heteroatoms. The number of aromatic hydroxyl groups is 1. The Bertz CT molecular complexity index is 1230. The summed E-state index contributed by atoms with van der Waals surface area (Å²) in [7, 11) is 0. The fourth-order valence-electron chi connectivity index (χ4n) is 4.38. The second-order valence-corrected chi connectivity index (χ2v) is 7.59. The van der Waals surface area contributed by atoms with Gasteiger partial charge in [-0.25, -0.2) is 4.98 Å². The van der Waals surface area contributed by atoms with E-state index in [4.69, 9.17) is 5.73 Å². The molecule has 148 valence electrons. The van der Waals surface area contributed by atoms with Gasteiger partial charge in [0.15, 0.2) is 0 Å². The maximum Gasteiger partial charge on any atom is 0.255 e. The summed E-state index contributed by atoms with van der Waals surface area (Å²) in [6.07, 6.45) is 2.79. The number of hydrogen-bond donors (Lipinski definition) is 3. The predicted octanol–water partition coefficient (Wildman–Crippen LogP) is 1.95. The van der Waals surface area contributed by atoms with E-state index in [9.17, 15) is 14.7 Å². The highest BCUT2D eigenvalue weighted by molar-refractivity contribution is 6.15. The van der Waals surface area contributed by atoms with Crippen molar-refractivity contribution in [3.05, 3.63) is 40.6 Å². The van der Waals surface area contributed by atoms with Crippen LogP contribution in [0.15, 0.2) is 18.3 Å². The van der Waals surface area contributed by atoms with Crippen LogP contribution in [-0.4, -0.2) is 39.6 Å². The SMILES string of the molecule is Cc1ccc(O)c(C)c1-n1c(N)c2c3c(c(N4CCC4=O)cnc31)CCNC2=O. The van der Waals surface area contributed by atoms with Crippen LogP contribution in [0.4, 0.5) is 11.5 Å². The van der Waals surface area contributed by atoms with Gasteiger partial charge < -0.3 is 21.1 Å². The minimum Gasteiger partial charge on any atom is -0.508 e. The molecule has 0 saturated carbocycles. The summed E-state index contributed by atoms with van der Waals surface area (Å²) in [6, 6.07) is 3.45. The molecule has 1 aromatic carbocycles. The standard InChI is InChI=1S/C21H21N5O3/c1-10-3-4-14(27)11(2)18(10)26-19(22)17-16-12(5-7-23-21(17)29)13(9-24-20(16)26)25-8-6-15(25)28/h3-4,9,27H,5-8,22H2,1-2H3,(H,23,29). The molecule has 0 radical (unpaired) electrons. The second-order valence-electron chi connectivity index (χ2n) is 7.59. The lowest BCUT2D eigenvalue weighted by Gasteiger charge is -2.32. The Hall–Kier alpha value is -3.55. The highest BCUT2D eigenvalue weighted by atomic mass is 16.3. The van der Waals surface area contributed by atoms with Crippen LogP contribution < -0.4 is 16.0 Å². The molecule has 4 N–H and O–H groups in total. The number of β-lactam (4-membered cyclic amide) rings is 1. The molecule has 29 heavy (non-hydrogen) atoms. The van der Waals surface area contributed by atoms with Gasteiger partial charge in [-0.3, -0.25) is 14.2 Å². The topological polar surface area (TPSA) is 113 Å². The lowest BCUT2D eigenvalue weighted by atomic mass is 10.0. The molecule has 0 atom stereocenters. The van der Waals surface area contributed by atoms with Crippen molar-refractivity contribution in [2.75, 3.05) is 23.7 Å². The van der Waals surface area contributed by atoms with Crippen LogP contribution in [0.2, 0.25) is 0 Å². The first-order valence-electron chi connectivity index (χ1n) is 9.60. The van der Waals surface area contributed by atoms with Gasteiger partial charge >= 0.3 is 0 Å². The van der Waals surface area contributed by atoms with Gasteiger partial charge in [-0.2, -0.15) is 0 Å². The molecule has 1 fully saturated rings. The first-order valence-corrected chi connectivity index (χ1v) is 9.60. The molecule has 0 aliphatic carbocycles. The van der Waals surface area contributed by atoms with Crippen LogP contribution in [0.25, 0.3) is 16.7 Å². The molecular formula is C21H21N5O3. The van der Waals surface area contributed by atoms with Crippen molar-refractivity contribution in [1.82, 2.24) is 14.9 Å². The maximum atomic E-state index is 12.9. The molecule has 5 rings (SSSR count). The Morgan fingerprint density at radius 3 is 2.69 bits per heavy atom. The van der Waals surface area contributed by atoms with Gasteiger partial charge in [0, 0.05) is 30.5 Å². The van der Waals surface area contributed by atoms with Crippen molar-refractivity contribution < 1.29 is 14.7 Å². The van der Waals surface area contributed by atoms with Crippen LogP contribution >= 0.6 is 0 Å². The van der Waals surface area contributed by atoms with E-state index in [0.29, 0.717) is 53.8 Å². The lowest BCUT2D eigenvalue weighted by Crippen LogP contribution is -2.44. The third-order valence-corrected chi connectivity index (χ3v) is 5.96. The number of pyridine rings is 1. The number of phenolic OH excluding ortho intramolecular Hbond substituents is 1. The first kappa shape index (κ1) is 17.5. The molecule has 2 aliphatic heterocycles. The van der Waals surface area contributed by atoms with E-state index in [0.717, 1.165) is 16.8 Å². The number of nitrogen functional groups attached to an aromatic ring is 1. The summed E-state index contributed by atoms with van der Waals surface area (Å²) in [5.41, 5.74) is 11.3. The highest BCUT2D eigenvalue weighted by Gasteiger charge is 2.33. The van der Waals surface area contributed by atoms with Crippen LogP contribution in [0.1, 0.15) is 33.5 Å². The van der Waals surface area contributed by atoms with E-state index in [-0.39, 0.29) is 23.4 Å². The number of carbonyl (C=O) groups is 2. The van der Waals surface area contributed by atoms with E-state index < -0.39 is 0 Å². The van der Waals surface area contributed by atoms with Crippen LogP contribution in [0, 0.1) is 13.8 Å². The van der Waals surface area contributed by atoms with Gasteiger partial charge in [-0.15, -0.1) is 0 Å². The zero-order valence-corrected chi connectivity index (χ0v) is 16.2. The van der Waals surface area contributed by atoms with Crippen molar-refractivity contribution in [3.63, 3.8) is 0 Å². The number of phenols is 1. The summed E-state index contributed by atoms with van der Waals surface area (Å²) in [5.74, 6) is 0.221. The summed E-state index contributed by atoms with van der Waals surface area (Å²) in [4.78, 5) is 31.3. The molecule has 2 amide bonds. The van der Waals surface area contributed by atoms with E-state index >= 15 is 0 Å². The molecule has 0 bridgehead atoms. The monoisotopic (exact) mass is 391 g/mol. The second kappa shape index (κ2) is 5.97. The third kappa shape index (κ3) is 2.28. The normalized spacial score (nSPS) is 16.0. The number of aromatic nitrogens is 2. The van der Waals surface area contributed by atoms with Crippen molar-refractivity contribution in [2.24, 2.45) is 0 Å². The number of amides is 2. The van der Waals surface area contributed by atoms with Gasteiger partial charge in [0.25, 0.3) is 5.91 Å². The number of anilines is 2. The first-order chi connectivity index (χ1) is 13.9. The highest BCUT2D eigenvalue weighted by Crippen LogP contribution is 2.41. The Morgan fingerprint density at radius 1 is 1.21 bits per heavy atom. The quantitative estimate of drug-likeness (QED) is 0.578. The van der Waals surface area contributed by atoms with Crippen molar-refractivity contribution in [1.29, 1.82) is 0 Å². The van der Waals surface area contributed by atoms with Gasteiger partial charge in [0.1, 0.15) is 17.2 Å². The number of rotatable bonds is 2.